The Balaban J connectivity index is 2.25. The van der Waals surface area contributed by atoms with Gasteiger partial charge in [0.15, 0.2) is 0 Å². The summed E-state index contributed by atoms with van der Waals surface area (Å²) in [6.07, 6.45) is 0. The van der Waals surface area contributed by atoms with Crippen molar-refractivity contribution >= 4 is 17.1 Å². The number of anilines is 2. The number of nitro benzene ring substituents is 1. The Labute approximate surface area is 124 Å². The first-order valence-electron chi connectivity index (χ1n) is 6.69. The van der Waals surface area contributed by atoms with E-state index in [0.29, 0.717) is 6.54 Å². The molecule has 0 aliphatic rings. The number of nitro groups is 1. The third kappa shape index (κ3) is 3.51. The zero-order chi connectivity index (χ0) is 15.6. The van der Waals surface area contributed by atoms with Crippen LogP contribution in [0.5, 0.6) is 0 Å². The van der Waals surface area contributed by atoms with Crippen LogP contribution in [0.1, 0.15) is 16.7 Å². The van der Waals surface area contributed by atoms with Crippen molar-refractivity contribution in [3.8, 4) is 0 Å². The van der Waals surface area contributed by atoms with E-state index in [-0.39, 0.29) is 11.4 Å². The molecule has 0 unspecified atom stereocenters. The van der Waals surface area contributed by atoms with Gasteiger partial charge in [0.25, 0.3) is 5.69 Å². The van der Waals surface area contributed by atoms with Crippen molar-refractivity contribution in [2.75, 3.05) is 17.7 Å². The van der Waals surface area contributed by atoms with E-state index in [1.807, 2.05) is 13.1 Å². The minimum Gasteiger partial charge on any atom is -0.393 e. The van der Waals surface area contributed by atoms with Gasteiger partial charge < -0.3 is 10.6 Å². The summed E-state index contributed by atoms with van der Waals surface area (Å²) in [5.41, 5.74) is 10.1. The lowest BCUT2D eigenvalue weighted by molar-refractivity contribution is -0.384. The summed E-state index contributed by atoms with van der Waals surface area (Å²) in [4.78, 5) is 12.5. The minimum absolute atomic E-state index is 0.0404. The zero-order valence-electron chi connectivity index (χ0n) is 12.5. The van der Waals surface area contributed by atoms with E-state index in [9.17, 15) is 10.1 Å². The molecule has 0 heterocycles. The number of nitrogen functional groups attached to an aromatic ring is 1. The van der Waals surface area contributed by atoms with E-state index >= 15 is 0 Å². The average Bonchev–Trinajstić information content (AvgIpc) is 2.39. The fourth-order valence-electron chi connectivity index (χ4n) is 2.38. The largest absolute Gasteiger partial charge is 0.393 e. The topological polar surface area (TPSA) is 72.4 Å². The third-order valence-electron chi connectivity index (χ3n) is 3.36. The normalized spacial score (nSPS) is 10.4. The van der Waals surface area contributed by atoms with Gasteiger partial charge in [0.05, 0.1) is 4.92 Å². The molecule has 0 bridgehead atoms. The molecule has 0 radical (unpaired) electrons. The van der Waals surface area contributed by atoms with E-state index in [2.05, 4.69) is 36.9 Å². The second kappa shape index (κ2) is 5.83. The van der Waals surface area contributed by atoms with Gasteiger partial charge in [-0.05, 0) is 48.7 Å². The molecule has 0 fully saturated rings. The maximum absolute atomic E-state index is 10.9. The predicted octanol–water partition coefficient (Wildman–Crippen LogP) is 3.43. The molecular weight excluding hydrogens is 266 g/mol. The van der Waals surface area contributed by atoms with Crippen molar-refractivity contribution in [1.82, 2.24) is 0 Å². The Bertz CT molecular complexity index is 663. The highest BCUT2D eigenvalue weighted by Crippen LogP contribution is 2.25. The average molecular weight is 285 g/mol. The molecule has 2 N–H and O–H groups in total. The number of nitrogens with zero attached hydrogens (tertiary/aromatic N) is 2. The van der Waals surface area contributed by atoms with E-state index in [0.717, 1.165) is 11.3 Å². The van der Waals surface area contributed by atoms with Gasteiger partial charge in [-0.25, -0.2) is 0 Å². The molecule has 0 amide bonds. The zero-order valence-corrected chi connectivity index (χ0v) is 12.5. The fraction of sp³-hybridized carbons (Fsp3) is 0.250. The van der Waals surface area contributed by atoms with E-state index in [1.54, 1.807) is 6.07 Å². The maximum Gasteiger partial charge on any atom is 0.292 e. The second-order valence-electron chi connectivity index (χ2n) is 5.35. The lowest BCUT2D eigenvalue weighted by Gasteiger charge is -2.20. The summed E-state index contributed by atoms with van der Waals surface area (Å²) in [5, 5.41) is 10.9. The summed E-state index contributed by atoms with van der Waals surface area (Å²) in [7, 11) is 1.97. The van der Waals surface area contributed by atoms with Crippen molar-refractivity contribution in [2.45, 2.75) is 20.4 Å². The summed E-state index contributed by atoms with van der Waals surface area (Å²) in [6.45, 7) is 4.70. The molecule has 0 saturated carbocycles. The highest BCUT2D eigenvalue weighted by atomic mass is 16.6. The number of hydrogen-bond donors (Lipinski definition) is 1. The van der Waals surface area contributed by atoms with Crippen molar-refractivity contribution in [3.63, 3.8) is 0 Å². The van der Waals surface area contributed by atoms with Gasteiger partial charge in [-0.1, -0.05) is 12.1 Å². The Morgan fingerprint density at radius 2 is 1.76 bits per heavy atom. The van der Waals surface area contributed by atoms with E-state index < -0.39 is 4.92 Å². The van der Waals surface area contributed by atoms with Gasteiger partial charge in [0.1, 0.15) is 5.69 Å². The molecular formula is C16H19N3O2. The first-order valence-corrected chi connectivity index (χ1v) is 6.69. The lowest BCUT2D eigenvalue weighted by Crippen LogP contribution is -2.16. The Kier molecular flexibility index (Phi) is 4.12. The predicted molar refractivity (Wildman–Crippen MR) is 85.5 cm³/mol. The Morgan fingerprint density at radius 3 is 2.33 bits per heavy atom. The molecule has 0 saturated heterocycles. The van der Waals surface area contributed by atoms with Gasteiger partial charge in [0, 0.05) is 25.3 Å². The Morgan fingerprint density at radius 1 is 1.14 bits per heavy atom. The molecule has 0 aromatic heterocycles. The van der Waals surface area contributed by atoms with E-state index in [4.69, 9.17) is 5.73 Å². The molecule has 0 spiro atoms. The van der Waals surface area contributed by atoms with Gasteiger partial charge in [0.2, 0.25) is 0 Å². The standard InChI is InChI=1S/C16H19N3O2/c1-11-6-12(2)8-14(7-11)18(3)10-13-4-5-15(17)16(9-13)19(20)21/h4-9H,10,17H2,1-3H3. The van der Waals surface area contributed by atoms with Crippen LogP contribution in [0, 0.1) is 24.0 Å². The van der Waals surface area contributed by atoms with Crippen LogP contribution in [0.4, 0.5) is 17.1 Å². The third-order valence-corrected chi connectivity index (χ3v) is 3.36. The first-order chi connectivity index (χ1) is 9.86. The molecule has 2 rings (SSSR count). The summed E-state index contributed by atoms with van der Waals surface area (Å²) in [6, 6.07) is 11.3. The van der Waals surface area contributed by atoms with Gasteiger partial charge in [-0.3, -0.25) is 10.1 Å². The van der Waals surface area contributed by atoms with Crippen molar-refractivity contribution in [3.05, 3.63) is 63.2 Å². The van der Waals surface area contributed by atoms with Crippen LogP contribution >= 0.6 is 0 Å². The summed E-state index contributed by atoms with van der Waals surface area (Å²) >= 11 is 0. The molecule has 110 valence electrons. The van der Waals surface area contributed by atoms with E-state index in [1.165, 1.54) is 17.2 Å². The molecule has 2 aromatic carbocycles. The highest BCUT2D eigenvalue weighted by molar-refractivity contribution is 5.60. The molecule has 5 nitrogen and oxygen atoms in total. The van der Waals surface area contributed by atoms with Crippen LogP contribution in [0.2, 0.25) is 0 Å². The number of aryl methyl sites for hydroxylation is 2. The lowest BCUT2D eigenvalue weighted by atomic mass is 10.1. The summed E-state index contributed by atoms with van der Waals surface area (Å²) < 4.78 is 0. The van der Waals surface area contributed by atoms with Crippen molar-refractivity contribution in [2.24, 2.45) is 0 Å². The van der Waals surface area contributed by atoms with Crippen LogP contribution in [-0.2, 0) is 6.54 Å². The van der Waals surface area contributed by atoms with Crippen LogP contribution in [0.3, 0.4) is 0 Å². The van der Waals surface area contributed by atoms with Crippen molar-refractivity contribution < 1.29 is 4.92 Å². The van der Waals surface area contributed by atoms with Crippen LogP contribution < -0.4 is 10.6 Å². The molecule has 2 aromatic rings. The van der Waals surface area contributed by atoms with Gasteiger partial charge in [-0.2, -0.15) is 0 Å². The van der Waals surface area contributed by atoms with Crippen LogP contribution in [-0.4, -0.2) is 12.0 Å². The van der Waals surface area contributed by atoms with Crippen LogP contribution in [0.25, 0.3) is 0 Å². The molecule has 21 heavy (non-hydrogen) atoms. The SMILES string of the molecule is Cc1cc(C)cc(N(C)Cc2ccc(N)c([N+](=O)[O-])c2)c1. The fourth-order valence-corrected chi connectivity index (χ4v) is 2.38. The number of benzene rings is 2. The van der Waals surface area contributed by atoms with Gasteiger partial charge in [-0.15, -0.1) is 0 Å². The smallest absolute Gasteiger partial charge is 0.292 e. The molecule has 0 atom stereocenters. The van der Waals surface area contributed by atoms with Gasteiger partial charge >= 0.3 is 0 Å². The highest BCUT2D eigenvalue weighted by Gasteiger charge is 2.13. The molecule has 0 aliphatic heterocycles. The van der Waals surface area contributed by atoms with Crippen LogP contribution in [0.15, 0.2) is 36.4 Å². The number of nitrogens with two attached hydrogens (primary N) is 1. The Hall–Kier alpha value is -2.56. The second-order valence-corrected chi connectivity index (χ2v) is 5.35. The maximum atomic E-state index is 10.9. The first kappa shape index (κ1) is 14.8. The minimum atomic E-state index is -0.449. The quantitative estimate of drug-likeness (QED) is 0.530. The molecule has 0 aliphatic carbocycles. The molecule has 5 heteroatoms. The summed E-state index contributed by atoms with van der Waals surface area (Å²) in [5.74, 6) is 0. The number of hydrogen-bond acceptors (Lipinski definition) is 4. The monoisotopic (exact) mass is 285 g/mol. The number of rotatable bonds is 4. The van der Waals surface area contributed by atoms with Crippen molar-refractivity contribution in [1.29, 1.82) is 0 Å².